The van der Waals surface area contributed by atoms with Gasteiger partial charge in [0.1, 0.15) is 5.82 Å². The van der Waals surface area contributed by atoms with Crippen molar-refractivity contribution in [2.24, 2.45) is 0 Å². The summed E-state index contributed by atoms with van der Waals surface area (Å²) in [4.78, 5) is 18.9. The minimum Gasteiger partial charge on any atom is -0.326 e. The lowest BCUT2D eigenvalue weighted by molar-refractivity contribution is 0.102. The molecule has 0 fully saturated rings. The lowest BCUT2D eigenvalue weighted by Gasteiger charge is -2.18. The van der Waals surface area contributed by atoms with E-state index in [1.165, 1.54) is 11.3 Å². The van der Waals surface area contributed by atoms with E-state index in [2.05, 4.69) is 33.4 Å². The molecule has 1 N–H and O–H groups in total. The van der Waals surface area contributed by atoms with Gasteiger partial charge < -0.3 is 10.2 Å². The normalized spacial score (nSPS) is 12.8. The first-order valence-electron chi connectivity index (χ1n) is 7.99. The Morgan fingerprint density at radius 3 is 2.54 bits per heavy atom. The Bertz CT molecular complexity index is 860. The number of rotatable bonds is 3. The molecule has 0 radical (unpaired) electrons. The molecule has 4 heteroatoms. The Hall–Kier alpha value is -3.14. The van der Waals surface area contributed by atoms with Gasteiger partial charge in [-0.3, -0.25) is 4.79 Å². The lowest BCUT2D eigenvalue weighted by atomic mass is 10.2. The number of para-hydroxylation sites is 1. The quantitative estimate of drug-likeness (QED) is 0.794. The highest BCUT2D eigenvalue weighted by Gasteiger charge is 2.20. The van der Waals surface area contributed by atoms with E-state index in [1.54, 1.807) is 18.3 Å². The molecule has 1 amide bonds. The summed E-state index contributed by atoms with van der Waals surface area (Å²) in [6.07, 6.45) is 2.74. The number of hydrogen-bond donors (Lipinski definition) is 1. The first kappa shape index (κ1) is 14.5. The number of nitrogens with one attached hydrogen (secondary N) is 1. The molecule has 118 valence electrons. The van der Waals surface area contributed by atoms with Crippen LogP contribution in [0.25, 0.3) is 0 Å². The number of nitrogens with zero attached hydrogens (tertiary/aromatic N) is 2. The van der Waals surface area contributed by atoms with Gasteiger partial charge in [0.15, 0.2) is 0 Å². The Kier molecular flexibility index (Phi) is 3.71. The predicted molar refractivity (Wildman–Crippen MR) is 95.8 cm³/mol. The van der Waals surface area contributed by atoms with Crippen molar-refractivity contribution >= 4 is 23.1 Å². The zero-order valence-corrected chi connectivity index (χ0v) is 13.1. The second-order valence-corrected chi connectivity index (χ2v) is 5.76. The van der Waals surface area contributed by atoms with Crippen LogP contribution in [0.5, 0.6) is 0 Å². The molecule has 0 unspecified atom stereocenters. The van der Waals surface area contributed by atoms with E-state index in [0.717, 1.165) is 18.8 Å². The molecule has 0 bridgehead atoms. The largest absolute Gasteiger partial charge is 0.326 e. The van der Waals surface area contributed by atoms with E-state index < -0.39 is 0 Å². The number of fused-ring (bicyclic) bond motifs is 1. The molecule has 0 spiro atoms. The maximum Gasteiger partial charge on any atom is 0.255 e. The van der Waals surface area contributed by atoms with Crippen LogP contribution in [-0.4, -0.2) is 17.4 Å². The number of aromatic nitrogens is 1. The van der Waals surface area contributed by atoms with E-state index in [0.29, 0.717) is 11.3 Å². The van der Waals surface area contributed by atoms with Crippen molar-refractivity contribution in [1.29, 1.82) is 0 Å². The summed E-state index contributed by atoms with van der Waals surface area (Å²) >= 11 is 0. The summed E-state index contributed by atoms with van der Waals surface area (Å²) < 4.78 is 0. The third-order valence-corrected chi connectivity index (χ3v) is 4.21. The van der Waals surface area contributed by atoms with Gasteiger partial charge in [-0.15, -0.1) is 0 Å². The number of hydrogen-bond acceptors (Lipinski definition) is 3. The van der Waals surface area contributed by atoms with Crippen molar-refractivity contribution in [3.05, 3.63) is 84.1 Å². The van der Waals surface area contributed by atoms with Gasteiger partial charge >= 0.3 is 0 Å². The zero-order valence-electron chi connectivity index (χ0n) is 13.1. The molecule has 0 saturated heterocycles. The van der Waals surface area contributed by atoms with Crippen LogP contribution >= 0.6 is 0 Å². The van der Waals surface area contributed by atoms with Gasteiger partial charge in [0.05, 0.1) is 11.9 Å². The molecule has 1 aromatic heterocycles. The summed E-state index contributed by atoms with van der Waals surface area (Å²) in [7, 11) is 0. The fourth-order valence-electron chi connectivity index (χ4n) is 2.99. The smallest absolute Gasteiger partial charge is 0.255 e. The molecule has 2 heterocycles. The molecule has 4 nitrogen and oxygen atoms in total. The fraction of sp³-hybridized carbons (Fsp3) is 0.100. The van der Waals surface area contributed by atoms with E-state index in [4.69, 9.17) is 0 Å². The standard InChI is InChI=1S/C20H17N3O/c24-20(16-7-2-1-3-8-16)22-17-10-11-19(21-14-17)23-13-12-15-6-4-5-9-18(15)23/h1-11,14H,12-13H2,(H,22,24). The van der Waals surface area contributed by atoms with Crippen LogP contribution in [0.2, 0.25) is 0 Å². The average Bonchev–Trinajstić information content (AvgIpc) is 3.07. The van der Waals surface area contributed by atoms with Crippen LogP contribution in [0.15, 0.2) is 72.9 Å². The van der Waals surface area contributed by atoms with Gasteiger partial charge in [-0.1, -0.05) is 36.4 Å². The van der Waals surface area contributed by atoms with Crippen LogP contribution in [0.4, 0.5) is 17.2 Å². The van der Waals surface area contributed by atoms with Crippen molar-refractivity contribution in [1.82, 2.24) is 4.98 Å². The highest BCUT2D eigenvalue weighted by Crippen LogP contribution is 2.33. The van der Waals surface area contributed by atoms with Crippen LogP contribution < -0.4 is 10.2 Å². The summed E-state index contributed by atoms with van der Waals surface area (Å²) in [6.45, 7) is 0.933. The molecule has 4 rings (SSSR count). The molecular formula is C20H17N3O. The summed E-state index contributed by atoms with van der Waals surface area (Å²) in [5.41, 5.74) is 3.89. The van der Waals surface area contributed by atoms with Crippen LogP contribution in [0.3, 0.4) is 0 Å². The predicted octanol–water partition coefficient (Wildman–Crippen LogP) is 4.03. The van der Waals surface area contributed by atoms with Gasteiger partial charge in [0.25, 0.3) is 5.91 Å². The minimum atomic E-state index is -0.128. The third kappa shape index (κ3) is 2.74. The number of carbonyl (C=O) groups is 1. The van der Waals surface area contributed by atoms with Crippen molar-refractivity contribution < 1.29 is 4.79 Å². The highest BCUT2D eigenvalue weighted by atomic mass is 16.1. The number of anilines is 3. The van der Waals surface area contributed by atoms with Gasteiger partial charge in [0, 0.05) is 17.8 Å². The van der Waals surface area contributed by atoms with Crippen LogP contribution in [0, 0.1) is 0 Å². The number of amides is 1. The first-order valence-corrected chi connectivity index (χ1v) is 7.99. The first-order chi connectivity index (χ1) is 11.8. The molecule has 2 aromatic carbocycles. The molecule has 1 aliphatic rings. The minimum absolute atomic E-state index is 0.128. The molecule has 0 saturated carbocycles. The second-order valence-electron chi connectivity index (χ2n) is 5.76. The molecule has 0 aliphatic carbocycles. The lowest BCUT2D eigenvalue weighted by Crippen LogP contribution is -2.15. The Morgan fingerprint density at radius 1 is 0.958 bits per heavy atom. The maximum atomic E-state index is 12.2. The number of benzene rings is 2. The summed E-state index contributed by atoms with van der Waals surface area (Å²) in [6, 6.07) is 21.4. The fourth-order valence-corrected chi connectivity index (χ4v) is 2.99. The Labute approximate surface area is 140 Å². The monoisotopic (exact) mass is 315 g/mol. The Balaban J connectivity index is 1.51. The molecule has 3 aromatic rings. The average molecular weight is 315 g/mol. The van der Waals surface area contributed by atoms with Gasteiger partial charge in [0.2, 0.25) is 0 Å². The molecule has 1 aliphatic heterocycles. The topological polar surface area (TPSA) is 45.2 Å². The molecular weight excluding hydrogens is 298 g/mol. The van der Waals surface area contributed by atoms with Crippen LogP contribution in [-0.2, 0) is 6.42 Å². The van der Waals surface area contributed by atoms with E-state index in [9.17, 15) is 4.79 Å². The van der Waals surface area contributed by atoms with Crippen LogP contribution in [0.1, 0.15) is 15.9 Å². The van der Waals surface area contributed by atoms with Crippen molar-refractivity contribution in [3.8, 4) is 0 Å². The molecule has 24 heavy (non-hydrogen) atoms. The van der Waals surface area contributed by atoms with E-state index in [-0.39, 0.29) is 5.91 Å². The maximum absolute atomic E-state index is 12.2. The van der Waals surface area contributed by atoms with Crippen molar-refractivity contribution in [2.75, 3.05) is 16.8 Å². The van der Waals surface area contributed by atoms with Crippen molar-refractivity contribution in [3.63, 3.8) is 0 Å². The molecule has 0 atom stereocenters. The third-order valence-electron chi connectivity index (χ3n) is 4.21. The van der Waals surface area contributed by atoms with Gasteiger partial charge in [-0.2, -0.15) is 0 Å². The second kappa shape index (κ2) is 6.16. The van der Waals surface area contributed by atoms with E-state index >= 15 is 0 Å². The Morgan fingerprint density at radius 2 is 1.75 bits per heavy atom. The highest BCUT2D eigenvalue weighted by molar-refractivity contribution is 6.04. The van der Waals surface area contributed by atoms with E-state index in [1.807, 2.05) is 36.4 Å². The van der Waals surface area contributed by atoms with Crippen molar-refractivity contribution in [2.45, 2.75) is 6.42 Å². The van der Waals surface area contributed by atoms with Gasteiger partial charge in [-0.05, 0) is 42.3 Å². The van der Waals surface area contributed by atoms with Gasteiger partial charge in [-0.25, -0.2) is 4.98 Å². The zero-order chi connectivity index (χ0) is 16.4. The number of carbonyl (C=O) groups excluding carboxylic acids is 1. The SMILES string of the molecule is O=C(Nc1ccc(N2CCc3ccccc32)nc1)c1ccccc1. The summed E-state index contributed by atoms with van der Waals surface area (Å²) in [5.74, 6) is 0.773. The summed E-state index contributed by atoms with van der Waals surface area (Å²) in [5, 5.41) is 2.88. The number of pyridine rings is 1.